The van der Waals surface area contributed by atoms with Crippen molar-refractivity contribution < 1.29 is 14.3 Å². The van der Waals surface area contributed by atoms with Crippen molar-refractivity contribution in [1.82, 2.24) is 4.98 Å². The van der Waals surface area contributed by atoms with Crippen LogP contribution < -0.4 is 15.4 Å². The molecule has 0 aliphatic carbocycles. The third kappa shape index (κ3) is 3.48. The molecule has 0 bridgehead atoms. The highest BCUT2D eigenvalue weighted by molar-refractivity contribution is 7.09. The second kappa shape index (κ2) is 7.44. The summed E-state index contributed by atoms with van der Waals surface area (Å²) in [5, 5.41) is 3.07. The quantitative estimate of drug-likeness (QED) is 0.721. The van der Waals surface area contributed by atoms with Crippen LogP contribution in [0.5, 0.6) is 5.75 Å². The Kier molecular flexibility index (Phi) is 4.83. The number of fused-ring (bicyclic) bond motifs is 1. The van der Waals surface area contributed by atoms with E-state index in [1.165, 1.54) is 0 Å². The van der Waals surface area contributed by atoms with E-state index in [0.717, 1.165) is 33.9 Å². The van der Waals surface area contributed by atoms with Gasteiger partial charge in [0.05, 0.1) is 16.3 Å². The van der Waals surface area contributed by atoms with E-state index in [0.29, 0.717) is 12.3 Å². The molecule has 0 spiro atoms. The smallest absolute Gasteiger partial charge is 0.264 e. The van der Waals surface area contributed by atoms with Gasteiger partial charge < -0.3 is 15.4 Å². The van der Waals surface area contributed by atoms with Crippen LogP contribution in [0.1, 0.15) is 20.9 Å². The van der Waals surface area contributed by atoms with Gasteiger partial charge in [-0.2, -0.15) is 0 Å². The number of thiazole rings is 1. The van der Waals surface area contributed by atoms with Gasteiger partial charge in [-0.15, -0.1) is 11.3 Å². The summed E-state index contributed by atoms with van der Waals surface area (Å²) in [7, 11) is 0. The SMILES string of the molecule is Cc1nc(-c2ccc3c(c2)CCN3C(=O)COc2ccccc2C(N)=O)cs1. The number of ether oxygens (including phenoxy) is 1. The summed E-state index contributed by atoms with van der Waals surface area (Å²) in [6, 6.07) is 12.7. The lowest BCUT2D eigenvalue weighted by Crippen LogP contribution is -2.33. The van der Waals surface area contributed by atoms with Gasteiger partial charge in [0.15, 0.2) is 6.61 Å². The maximum Gasteiger partial charge on any atom is 0.264 e. The summed E-state index contributed by atoms with van der Waals surface area (Å²) in [4.78, 5) is 30.4. The largest absolute Gasteiger partial charge is 0.483 e. The zero-order valence-corrected chi connectivity index (χ0v) is 16.2. The van der Waals surface area contributed by atoms with Gasteiger partial charge in [0.2, 0.25) is 0 Å². The number of anilines is 1. The molecule has 0 saturated carbocycles. The molecule has 1 aliphatic rings. The summed E-state index contributed by atoms with van der Waals surface area (Å²) in [6.45, 7) is 2.43. The maximum absolute atomic E-state index is 12.7. The molecule has 0 saturated heterocycles. The van der Waals surface area contributed by atoms with E-state index < -0.39 is 5.91 Å². The van der Waals surface area contributed by atoms with Crippen molar-refractivity contribution in [2.45, 2.75) is 13.3 Å². The maximum atomic E-state index is 12.7. The third-order valence-electron chi connectivity index (χ3n) is 4.69. The summed E-state index contributed by atoms with van der Waals surface area (Å²) in [6.07, 6.45) is 0.788. The van der Waals surface area contributed by atoms with E-state index in [9.17, 15) is 9.59 Å². The van der Waals surface area contributed by atoms with Crippen molar-refractivity contribution in [2.75, 3.05) is 18.1 Å². The van der Waals surface area contributed by atoms with Gasteiger partial charge >= 0.3 is 0 Å². The van der Waals surface area contributed by atoms with Crippen molar-refractivity contribution in [1.29, 1.82) is 0 Å². The monoisotopic (exact) mass is 393 g/mol. The molecular formula is C21H19N3O3S. The predicted molar refractivity (Wildman–Crippen MR) is 109 cm³/mol. The number of hydrogen-bond acceptors (Lipinski definition) is 5. The molecule has 0 unspecified atom stereocenters. The molecule has 2 heterocycles. The first-order valence-corrected chi connectivity index (χ1v) is 9.78. The molecule has 28 heavy (non-hydrogen) atoms. The summed E-state index contributed by atoms with van der Waals surface area (Å²) >= 11 is 1.62. The molecule has 0 fully saturated rings. The second-order valence-corrected chi connectivity index (χ2v) is 7.60. The lowest BCUT2D eigenvalue weighted by molar-refractivity contribution is -0.120. The minimum Gasteiger partial charge on any atom is -0.483 e. The summed E-state index contributed by atoms with van der Waals surface area (Å²) < 4.78 is 5.58. The van der Waals surface area contributed by atoms with Gasteiger partial charge in [-0.05, 0) is 43.2 Å². The van der Waals surface area contributed by atoms with Crippen LogP contribution in [0.25, 0.3) is 11.3 Å². The molecule has 1 aliphatic heterocycles. The fraction of sp³-hybridized carbons (Fsp3) is 0.190. The summed E-state index contributed by atoms with van der Waals surface area (Å²) in [5.74, 6) is -0.424. The Balaban J connectivity index is 1.48. The molecular weight excluding hydrogens is 374 g/mol. The molecule has 7 heteroatoms. The van der Waals surface area contributed by atoms with E-state index in [1.807, 2.05) is 24.4 Å². The number of amides is 2. The summed E-state index contributed by atoms with van der Waals surface area (Å²) in [5.41, 5.74) is 9.65. The van der Waals surface area contributed by atoms with Crippen LogP contribution in [-0.2, 0) is 11.2 Å². The average molecular weight is 393 g/mol. The fourth-order valence-corrected chi connectivity index (χ4v) is 3.95. The lowest BCUT2D eigenvalue weighted by Gasteiger charge is -2.18. The van der Waals surface area contributed by atoms with Gasteiger partial charge in [-0.25, -0.2) is 4.98 Å². The third-order valence-corrected chi connectivity index (χ3v) is 5.47. The van der Waals surface area contributed by atoms with E-state index in [4.69, 9.17) is 10.5 Å². The van der Waals surface area contributed by atoms with Crippen LogP contribution in [0.3, 0.4) is 0 Å². The van der Waals surface area contributed by atoms with Gasteiger partial charge in [0.1, 0.15) is 5.75 Å². The Labute approximate surface area is 166 Å². The van der Waals surface area contributed by atoms with Gasteiger partial charge in [0.25, 0.3) is 11.8 Å². The molecule has 2 aromatic carbocycles. The molecule has 2 N–H and O–H groups in total. The van der Waals surface area contributed by atoms with Crippen molar-refractivity contribution in [3.8, 4) is 17.0 Å². The highest BCUT2D eigenvalue weighted by atomic mass is 32.1. The Hall–Kier alpha value is -3.19. The number of nitrogens with two attached hydrogens (primary N) is 1. The molecule has 1 aromatic heterocycles. The molecule has 0 atom stereocenters. The van der Waals surface area contributed by atoms with Crippen LogP contribution in [0.4, 0.5) is 5.69 Å². The molecule has 2 amide bonds. The first-order valence-electron chi connectivity index (χ1n) is 8.90. The first-order chi connectivity index (χ1) is 13.5. The number of primary amides is 1. The van der Waals surface area contributed by atoms with Gasteiger partial charge in [-0.1, -0.05) is 18.2 Å². The number of nitrogens with zero attached hydrogens (tertiary/aromatic N) is 2. The average Bonchev–Trinajstić information content (AvgIpc) is 3.32. The number of rotatable bonds is 5. The van der Waals surface area contributed by atoms with Crippen molar-refractivity contribution in [3.05, 3.63) is 64.0 Å². The number of benzene rings is 2. The normalized spacial score (nSPS) is 12.7. The van der Waals surface area contributed by atoms with E-state index in [1.54, 1.807) is 40.5 Å². The number of carbonyl (C=O) groups is 2. The van der Waals surface area contributed by atoms with E-state index in [2.05, 4.69) is 11.1 Å². The zero-order valence-electron chi connectivity index (χ0n) is 15.3. The topological polar surface area (TPSA) is 85.5 Å². The Morgan fingerprint density at radius 2 is 2.07 bits per heavy atom. The highest BCUT2D eigenvalue weighted by Crippen LogP contribution is 2.33. The molecule has 3 aromatic rings. The van der Waals surface area contributed by atoms with Crippen LogP contribution in [0.15, 0.2) is 47.8 Å². The minimum atomic E-state index is -0.584. The molecule has 4 rings (SSSR count). The van der Waals surface area contributed by atoms with Crippen molar-refractivity contribution in [2.24, 2.45) is 5.73 Å². The first kappa shape index (κ1) is 18.2. The van der Waals surface area contributed by atoms with E-state index >= 15 is 0 Å². The zero-order chi connectivity index (χ0) is 19.7. The number of para-hydroxylation sites is 1. The number of aryl methyl sites for hydroxylation is 1. The minimum absolute atomic E-state index is 0.156. The van der Waals surface area contributed by atoms with Crippen LogP contribution >= 0.6 is 11.3 Å². The van der Waals surface area contributed by atoms with Crippen molar-refractivity contribution >= 4 is 28.8 Å². The Morgan fingerprint density at radius 3 is 2.82 bits per heavy atom. The highest BCUT2D eigenvalue weighted by Gasteiger charge is 2.25. The molecule has 142 valence electrons. The van der Waals surface area contributed by atoms with Gasteiger partial charge in [-0.3, -0.25) is 9.59 Å². The van der Waals surface area contributed by atoms with E-state index in [-0.39, 0.29) is 18.1 Å². The number of carbonyl (C=O) groups excluding carboxylic acids is 2. The second-order valence-electron chi connectivity index (χ2n) is 6.54. The number of hydrogen-bond donors (Lipinski definition) is 1. The van der Waals surface area contributed by atoms with Crippen LogP contribution in [-0.4, -0.2) is 29.9 Å². The molecule has 6 nitrogen and oxygen atoms in total. The number of aromatic nitrogens is 1. The standard InChI is InChI=1S/C21H19N3O3S/c1-13-23-17(12-28-13)14-6-7-18-15(10-14)8-9-24(18)20(25)11-27-19-5-3-2-4-16(19)21(22)26/h2-7,10,12H,8-9,11H2,1H3,(H2,22,26). The lowest BCUT2D eigenvalue weighted by atomic mass is 10.1. The molecule has 0 radical (unpaired) electrons. The van der Waals surface area contributed by atoms with Crippen LogP contribution in [0, 0.1) is 6.92 Å². The van der Waals surface area contributed by atoms with Gasteiger partial charge in [0, 0.05) is 23.2 Å². The predicted octanol–water partition coefficient (Wildman–Crippen LogP) is 3.19. The fourth-order valence-electron chi connectivity index (χ4n) is 3.33. The van der Waals surface area contributed by atoms with Crippen LogP contribution in [0.2, 0.25) is 0 Å². The Bertz CT molecular complexity index is 1060. The van der Waals surface area contributed by atoms with Crippen molar-refractivity contribution in [3.63, 3.8) is 0 Å². The Morgan fingerprint density at radius 1 is 1.25 bits per heavy atom.